The first-order valence-electron chi connectivity index (χ1n) is 4.94. The molecule has 15 heavy (non-hydrogen) atoms. The third kappa shape index (κ3) is 1.80. The van der Waals surface area contributed by atoms with Gasteiger partial charge in [-0.25, -0.2) is 0 Å². The molecule has 0 saturated heterocycles. The smallest absolute Gasteiger partial charge is 0.231 e. The Hall–Kier alpha value is -1.55. The molecule has 1 aliphatic heterocycles. The molecule has 0 radical (unpaired) electrons. The molecule has 4 nitrogen and oxygen atoms in total. The minimum Gasteiger partial charge on any atom is -0.492 e. The number of carbonyl (C=O) groups excluding carboxylic acids is 1. The number of nitrogens with two attached hydrogens (primary N) is 1. The van der Waals surface area contributed by atoms with Gasteiger partial charge in [-0.15, -0.1) is 0 Å². The SMILES string of the molecule is CN1C(=O)Cc2ccc(OCCN)cc21. The maximum atomic E-state index is 11.4. The zero-order chi connectivity index (χ0) is 10.8. The van der Waals surface area contributed by atoms with E-state index in [2.05, 4.69) is 0 Å². The molecule has 0 spiro atoms. The predicted octanol–water partition coefficient (Wildman–Crippen LogP) is 0.543. The van der Waals surface area contributed by atoms with Crippen LogP contribution >= 0.6 is 0 Å². The molecule has 0 bridgehead atoms. The topological polar surface area (TPSA) is 55.6 Å². The van der Waals surface area contributed by atoms with E-state index in [1.807, 2.05) is 18.2 Å². The Bertz CT molecular complexity index is 390. The Kier molecular flexibility index (Phi) is 2.60. The zero-order valence-electron chi connectivity index (χ0n) is 8.69. The van der Waals surface area contributed by atoms with E-state index >= 15 is 0 Å². The van der Waals surface area contributed by atoms with E-state index < -0.39 is 0 Å². The van der Waals surface area contributed by atoms with Crippen LogP contribution in [0.1, 0.15) is 5.56 Å². The summed E-state index contributed by atoms with van der Waals surface area (Å²) in [5, 5.41) is 0. The van der Waals surface area contributed by atoms with E-state index in [0.29, 0.717) is 19.6 Å². The molecule has 80 valence electrons. The van der Waals surface area contributed by atoms with Crippen LogP contribution in [0.2, 0.25) is 0 Å². The molecule has 1 aromatic carbocycles. The van der Waals surface area contributed by atoms with Crippen molar-refractivity contribution in [1.82, 2.24) is 0 Å². The molecule has 2 N–H and O–H groups in total. The van der Waals surface area contributed by atoms with Gasteiger partial charge >= 0.3 is 0 Å². The fraction of sp³-hybridized carbons (Fsp3) is 0.364. The van der Waals surface area contributed by atoms with E-state index in [4.69, 9.17) is 10.5 Å². The standard InChI is InChI=1S/C11H14N2O2/c1-13-10-7-9(15-5-4-12)3-2-8(10)6-11(13)14/h2-3,7H,4-6,12H2,1H3. The molecule has 0 aliphatic carbocycles. The zero-order valence-corrected chi connectivity index (χ0v) is 8.69. The van der Waals surface area contributed by atoms with Gasteiger partial charge in [0.25, 0.3) is 0 Å². The van der Waals surface area contributed by atoms with Gasteiger partial charge in [0.2, 0.25) is 5.91 Å². The monoisotopic (exact) mass is 206 g/mol. The third-order valence-electron chi connectivity index (χ3n) is 2.52. The van der Waals surface area contributed by atoms with Crippen LogP contribution in [0, 0.1) is 0 Å². The number of amides is 1. The number of nitrogens with zero attached hydrogens (tertiary/aromatic N) is 1. The van der Waals surface area contributed by atoms with E-state index in [-0.39, 0.29) is 5.91 Å². The number of benzene rings is 1. The Morgan fingerprint density at radius 1 is 1.53 bits per heavy atom. The molecule has 1 aliphatic rings. The number of carbonyl (C=O) groups is 1. The van der Waals surface area contributed by atoms with E-state index in [1.165, 1.54) is 0 Å². The Morgan fingerprint density at radius 2 is 2.33 bits per heavy atom. The molecular formula is C11H14N2O2. The van der Waals surface area contributed by atoms with Crippen molar-refractivity contribution in [2.24, 2.45) is 5.73 Å². The first-order chi connectivity index (χ1) is 7.22. The highest BCUT2D eigenvalue weighted by Crippen LogP contribution is 2.31. The average Bonchev–Trinajstić information content (AvgIpc) is 2.52. The van der Waals surface area contributed by atoms with Crippen LogP contribution in [0.25, 0.3) is 0 Å². The van der Waals surface area contributed by atoms with Crippen molar-refractivity contribution in [1.29, 1.82) is 0 Å². The Balaban J connectivity index is 2.23. The summed E-state index contributed by atoms with van der Waals surface area (Å²) >= 11 is 0. The van der Waals surface area contributed by atoms with Gasteiger partial charge < -0.3 is 15.4 Å². The lowest BCUT2D eigenvalue weighted by Crippen LogP contribution is -2.20. The fourth-order valence-electron chi connectivity index (χ4n) is 1.69. The summed E-state index contributed by atoms with van der Waals surface area (Å²) in [5.41, 5.74) is 7.35. The highest BCUT2D eigenvalue weighted by Gasteiger charge is 2.23. The molecule has 0 atom stereocenters. The summed E-state index contributed by atoms with van der Waals surface area (Å²) in [6, 6.07) is 5.69. The van der Waals surface area contributed by atoms with E-state index in [0.717, 1.165) is 17.0 Å². The van der Waals surface area contributed by atoms with Gasteiger partial charge in [-0.3, -0.25) is 4.79 Å². The number of hydrogen-bond donors (Lipinski definition) is 1. The molecule has 2 rings (SSSR count). The normalized spacial score (nSPS) is 14.3. The minimum absolute atomic E-state index is 0.126. The number of anilines is 1. The molecule has 1 heterocycles. The Morgan fingerprint density at radius 3 is 3.07 bits per heavy atom. The third-order valence-corrected chi connectivity index (χ3v) is 2.52. The molecule has 0 aromatic heterocycles. The summed E-state index contributed by atoms with van der Waals surface area (Å²) in [7, 11) is 1.78. The maximum absolute atomic E-state index is 11.4. The molecule has 0 saturated carbocycles. The maximum Gasteiger partial charge on any atom is 0.231 e. The van der Waals surface area contributed by atoms with Crippen LogP contribution in [-0.2, 0) is 11.2 Å². The lowest BCUT2D eigenvalue weighted by molar-refractivity contribution is -0.117. The van der Waals surface area contributed by atoms with Crippen molar-refractivity contribution >= 4 is 11.6 Å². The van der Waals surface area contributed by atoms with Gasteiger partial charge in [0.1, 0.15) is 12.4 Å². The minimum atomic E-state index is 0.126. The fourth-order valence-corrected chi connectivity index (χ4v) is 1.69. The van der Waals surface area contributed by atoms with Crippen LogP contribution in [-0.4, -0.2) is 26.1 Å². The number of fused-ring (bicyclic) bond motifs is 1. The van der Waals surface area contributed by atoms with Gasteiger partial charge in [0.15, 0.2) is 0 Å². The molecule has 0 fully saturated rings. The van der Waals surface area contributed by atoms with Gasteiger partial charge in [-0.2, -0.15) is 0 Å². The van der Waals surface area contributed by atoms with Crippen molar-refractivity contribution in [2.45, 2.75) is 6.42 Å². The molecule has 1 aromatic rings. The van der Waals surface area contributed by atoms with Crippen LogP contribution in [0.4, 0.5) is 5.69 Å². The first kappa shape index (κ1) is 9.98. The second kappa shape index (κ2) is 3.90. The number of rotatable bonds is 3. The summed E-state index contributed by atoms with van der Waals surface area (Å²) in [6.45, 7) is 0.988. The van der Waals surface area contributed by atoms with Gasteiger partial charge in [0.05, 0.1) is 12.1 Å². The van der Waals surface area contributed by atoms with Crippen molar-refractivity contribution in [2.75, 3.05) is 25.1 Å². The van der Waals surface area contributed by atoms with Crippen molar-refractivity contribution in [3.8, 4) is 5.75 Å². The number of ether oxygens (including phenoxy) is 1. The van der Waals surface area contributed by atoms with Crippen LogP contribution < -0.4 is 15.4 Å². The average molecular weight is 206 g/mol. The van der Waals surface area contributed by atoms with Crippen molar-refractivity contribution < 1.29 is 9.53 Å². The highest BCUT2D eigenvalue weighted by molar-refractivity contribution is 6.01. The molecule has 0 unspecified atom stereocenters. The van der Waals surface area contributed by atoms with Crippen LogP contribution in [0.3, 0.4) is 0 Å². The largest absolute Gasteiger partial charge is 0.492 e. The summed E-state index contributed by atoms with van der Waals surface area (Å²) in [4.78, 5) is 13.1. The van der Waals surface area contributed by atoms with Gasteiger partial charge in [0, 0.05) is 19.7 Å². The Labute approximate surface area is 88.6 Å². The molecule has 4 heteroatoms. The molecule has 1 amide bonds. The molecular weight excluding hydrogens is 192 g/mol. The number of hydrogen-bond acceptors (Lipinski definition) is 3. The summed E-state index contributed by atoms with van der Waals surface area (Å²) in [5.74, 6) is 0.890. The van der Waals surface area contributed by atoms with Crippen molar-refractivity contribution in [3.63, 3.8) is 0 Å². The second-order valence-corrected chi connectivity index (χ2v) is 3.56. The van der Waals surface area contributed by atoms with E-state index in [9.17, 15) is 4.79 Å². The van der Waals surface area contributed by atoms with Crippen LogP contribution in [0.5, 0.6) is 5.75 Å². The quantitative estimate of drug-likeness (QED) is 0.785. The van der Waals surface area contributed by atoms with Gasteiger partial charge in [-0.05, 0) is 11.6 Å². The lowest BCUT2D eigenvalue weighted by atomic mass is 10.1. The summed E-state index contributed by atoms with van der Waals surface area (Å²) in [6.07, 6.45) is 0.489. The summed E-state index contributed by atoms with van der Waals surface area (Å²) < 4.78 is 5.40. The van der Waals surface area contributed by atoms with Crippen LogP contribution in [0.15, 0.2) is 18.2 Å². The second-order valence-electron chi connectivity index (χ2n) is 3.56. The first-order valence-corrected chi connectivity index (χ1v) is 4.94. The number of likely N-dealkylation sites (N-methyl/N-ethyl adjacent to an activating group) is 1. The lowest BCUT2D eigenvalue weighted by Gasteiger charge is -2.11. The van der Waals surface area contributed by atoms with Crippen molar-refractivity contribution in [3.05, 3.63) is 23.8 Å². The van der Waals surface area contributed by atoms with Gasteiger partial charge in [-0.1, -0.05) is 6.07 Å². The predicted molar refractivity (Wildman–Crippen MR) is 58.1 cm³/mol. The van der Waals surface area contributed by atoms with E-state index in [1.54, 1.807) is 11.9 Å². The highest BCUT2D eigenvalue weighted by atomic mass is 16.5.